The Hall–Kier alpha value is -1.39. The second-order valence-electron chi connectivity index (χ2n) is 6.62. The van der Waals surface area contributed by atoms with E-state index >= 15 is 0 Å². The Bertz CT molecular complexity index is 482. The first kappa shape index (κ1) is 15.5. The molecule has 3 rings (SSSR count). The molecule has 1 amide bonds. The number of hydrogen-bond acceptors (Lipinski definition) is 3. The van der Waals surface area contributed by atoms with Gasteiger partial charge in [0, 0.05) is 12.0 Å². The summed E-state index contributed by atoms with van der Waals surface area (Å²) in [4.78, 5) is 12.2. The van der Waals surface area contributed by atoms with E-state index in [1.54, 1.807) is 0 Å². The van der Waals surface area contributed by atoms with Gasteiger partial charge in [0.05, 0.1) is 19.3 Å². The van der Waals surface area contributed by atoms with Crippen molar-refractivity contribution in [2.45, 2.75) is 50.9 Å². The minimum absolute atomic E-state index is 0.127. The van der Waals surface area contributed by atoms with Gasteiger partial charge in [-0.3, -0.25) is 4.79 Å². The predicted octanol–water partition coefficient (Wildman–Crippen LogP) is 2.26. The average Bonchev–Trinajstić information content (AvgIpc) is 3.30. The van der Waals surface area contributed by atoms with Crippen molar-refractivity contribution in [2.75, 3.05) is 6.61 Å². The van der Waals surface area contributed by atoms with Crippen LogP contribution in [0, 0.1) is 11.8 Å². The second-order valence-corrected chi connectivity index (χ2v) is 6.62. The fourth-order valence-corrected chi connectivity index (χ4v) is 3.18. The fraction of sp³-hybridized carbons (Fsp3) is 0.611. The van der Waals surface area contributed by atoms with E-state index in [-0.39, 0.29) is 24.0 Å². The van der Waals surface area contributed by atoms with E-state index in [0.29, 0.717) is 19.1 Å². The molecule has 1 aromatic rings. The lowest BCUT2D eigenvalue weighted by molar-refractivity contribution is -0.123. The molecule has 0 aromatic heterocycles. The van der Waals surface area contributed by atoms with Gasteiger partial charge in [0.25, 0.3) is 0 Å². The number of ether oxygens (including phenoxy) is 1. The summed E-state index contributed by atoms with van der Waals surface area (Å²) >= 11 is 0. The number of nitrogens with one attached hydrogen (secondary N) is 1. The average molecular weight is 303 g/mol. The van der Waals surface area contributed by atoms with Crippen LogP contribution in [0.3, 0.4) is 0 Å². The van der Waals surface area contributed by atoms with Crippen molar-refractivity contribution < 1.29 is 14.6 Å². The van der Waals surface area contributed by atoms with Gasteiger partial charge in [0.15, 0.2) is 0 Å². The van der Waals surface area contributed by atoms with E-state index < -0.39 is 0 Å². The van der Waals surface area contributed by atoms with Crippen LogP contribution in [0.25, 0.3) is 0 Å². The Balaban J connectivity index is 1.32. The molecule has 4 nitrogen and oxygen atoms in total. The van der Waals surface area contributed by atoms with Crippen molar-refractivity contribution in [1.29, 1.82) is 0 Å². The molecule has 0 bridgehead atoms. The van der Waals surface area contributed by atoms with Gasteiger partial charge in [-0.2, -0.15) is 0 Å². The van der Waals surface area contributed by atoms with Crippen LogP contribution in [0.4, 0.5) is 0 Å². The number of rotatable bonds is 6. The maximum Gasteiger partial charge on any atom is 0.223 e. The summed E-state index contributed by atoms with van der Waals surface area (Å²) in [5, 5.41) is 12.6. The predicted molar refractivity (Wildman–Crippen MR) is 84.1 cm³/mol. The molecule has 0 heterocycles. The van der Waals surface area contributed by atoms with Crippen molar-refractivity contribution >= 4 is 5.91 Å². The zero-order valence-electron chi connectivity index (χ0n) is 12.9. The molecule has 0 aliphatic heterocycles. The SMILES string of the molecule is O=C(NC1CCC(O)CC1)C1C[C@@H]1COCc1ccccc1. The highest BCUT2D eigenvalue weighted by atomic mass is 16.5. The molecule has 2 aliphatic rings. The number of aliphatic hydroxyl groups excluding tert-OH is 1. The van der Waals surface area contributed by atoms with Crippen LogP contribution in [-0.2, 0) is 16.1 Å². The highest BCUT2D eigenvalue weighted by Crippen LogP contribution is 2.39. The minimum atomic E-state index is -0.173. The first-order valence-corrected chi connectivity index (χ1v) is 8.32. The Morgan fingerprint density at radius 3 is 2.64 bits per heavy atom. The van der Waals surface area contributed by atoms with Crippen LogP contribution in [0.1, 0.15) is 37.7 Å². The summed E-state index contributed by atoms with van der Waals surface area (Å²) in [5.74, 6) is 0.676. The molecule has 2 atom stereocenters. The lowest BCUT2D eigenvalue weighted by atomic mass is 9.93. The van der Waals surface area contributed by atoms with Crippen molar-refractivity contribution in [3.8, 4) is 0 Å². The Labute approximate surface area is 131 Å². The molecule has 2 N–H and O–H groups in total. The third-order valence-electron chi connectivity index (χ3n) is 4.75. The van der Waals surface area contributed by atoms with Crippen LogP contribution in [0.2, 0.25) is 0 Å². The largest absolute Gasteiger partial charge is 0.393 e. The number of carbonyl (C=O) groups is 1. The summed E-state index contributed by atoms with van der Waals surface area (Å²) in [5.41, 5.74) is 1.17. The monoisotopic (exact) mass is 303 g/mol. The molecule has 22 heavy (non-hydrogen) atoms. The van der Waals surface area contributed by atoms with Crippen LogP contribution < -0.4 is 5.32 Å². The third-order valence-corrected chi connectivity index (χ3v) is 4.75. The van der Waals surface area contributed by atoms with Crippen LogP contribution in [0.5, 0.6) is 0 Å². The fourth-order valence-electron chi connectivity index (χ4n) is 3.18. The van der Waals surface area contributed by atoms with Crippen molar-refractivity contribution in [3.63, 3.8) is 0 Å². The molecule has 120 valence electrons. The lowest BCUT2D eigenvalue weighted by Gasteiger charge is -2.26. The smallest absolute Gasteiger partial charge is 0.223 e. The van der Waals surface area contributed by atoms with Gasteiger partial charge in [0.1, 0.15) is 0 Å². The second kappa shape index (κ2) is 7.25. The number of amides is 1. The number of benzene rings is 1. The lowest BCUT2D eigenvalue weighted by Crippen LogP contribution is -2.39. The zero-order valence-corrected chi connectivity index (χ0v) is 12.9. The number of aliphatic hydroxyl groups is 1. The first-order chi connectivity index (χ1) is 10.7. The molecular weight excluding hydrogens is 278 g/mol. The topological polar surface area (TPSA) is 58.6 Å². The Morgan fingerprint density at radius 1 is 1.18 bits per heavy atom. The molecule has 4 heteroatoms. The van der Waals surface area contributed by atoms with Crippen LogP contribution in [0.15, 0.2) is 30.3 Å². The molecule has 2 fully saturated rings. The van der Waals surface area contributed by atoms with Crippen molar-refractivity contribution in [2.24, 2.45) is 11.8 Å². The van der Waals surface area contributed by atoms with Crippen molar-refractivity contribution in [1.82, 2.24) is 5.32 Å². The van der Waals surface area contributed by atoms with Gasteiger partial charge >= 0.3 is 0 Å². The maximum absolute atomic E-state index is 12.2. The van der Waals surface area contributed by atoms with Crippen molar-refractivity contribution in [3.05, 3.63) is 35.9 Å². The Kier molecular flexibility index (Phi) is 5.11. The summed E-state index contributed by atoms with van der Waals surface area (Å²) < 4.78 is 5.72. The van der Waals surface area contributed by atoms with E-state index in [0.717, 1.165) is 32.1 Å². The molecule has 0 radical (unpaired) electrons. The van der Waals surface area contributed by atoms with Crippen LogP contribution >= 0.6 is 0 Å². The number of hydrogen-bond donors (Lipinski definition) is 2. The van der Waals surface area contributed by atoms with Gasteiger partial charge in [-0.1, -0.05) is 30.3 Å². The maximum atomic E-state index is 12.2. The molecule has 0 saturated heterocycles. The quantitative estimate of drug-likeness (QED) is 0.847. The van der Waals surface area contributed by atoms with E-state index in [4.69, 9.17) is 4.74 Å². The Morgan fingerprint density at radius 2 is 1.91 bits per heavy atom. The van der Waals surface area contributed by atoms with Gasteiger partial charge < -0.3 is 15.2 Å². The molecule has 2 aliphatic carbocycles. The van der Waals surface area contributed by atoms with E-state index in [1.165, 1.54) is 5.56 Å². The zero-order chi connectivity index (χ0) is 15.4. The summed E-state index contributed by atoms with van der Waals surface area (Å²) in [6.07, 6.45) is 4.17. The van der Waals surface area contributed by atoms with E-state index in [2.05, 4.69) is 17.4 Å². The highest BCUT2D eigenvalue weighted by molar-refractivity contribution is 5.81. The molecule has 1 aromatic carbocycles. The number of carbonyl (C=O) groups excluding carboxylic acids is 1. The standard InChI is InChI=1S/C18H25NO3/c20-16-8-6-15(7-9-16)19-18(21)17-10-14(17)12-22-11-13-4-2-1-3-5-13/h1-5,14-17,20H,6-12H2,(H,19,21)/t14-,15?,16?,17?/m1/s1. The molecule has 1 unspecified atom stereocenters. The summed E-state index contributed by atoms with van der Waals surface area (Å²) in [6.45, 7) is 1.28. The van der Waals surface area contributed by atoms with E-state index in [9.17, 15) is 9.90 Å². The van der Waals surface area contributed by atoms with Gasteiger partial charge in [-0.25, -0.2) is 0 Å². The van der Waals surface area contributed by atoms with E-state index in [1.807, 2.05) is 18.2 Å². The molecule has 0 spiro atoms. The molecule has 2 saturated carbocycles. The highest BCUT2D eigenvalue weighted by Gasteiger charge is 2.43. The van der Waals surface area contributed by atoms with Gasteiger partial charge in [-0.05, 0) is 43.6 Å². The van der Waals surface area contributed by atoms with Gasteiger partial charge in [0.2, 0.25) is 5.91 Å². The minimum Gasteiger partial charge on any atom is -0.393 e. The third kappa shape index (κ3) is 4.31. The van der Waals surface area contributed by atoms with Gasteiger partial charge in [-0.15, -0.1) is 0 Å². The molecular formula is C18H25NO3. The summed E-state index contributed by atoms with van der Waals surface area (Å²) in [6, 6.07) is 10.4. The van der Waals surface area contributed by atoms with Crippen LogP contribution in [-0.4, -0.2) is 29.8 Å². The first-order valence-electron chi connectivity index (χ1n) is 8.32. The normalized spacial score (nSPS) is 30.8. The summed E-state index contributed by atoms with van der Waals surface area (Å²) in [7, 11) is 0.